The maximum Gasteiger partial charge on any atom is 0.0468 e. The lowest BCUT2D eigenvalue weighted by Gasteiger charge is -2.32. The highest BCUT2D eigenvalue weighted by Gasteiger charge is 2.47. The normalized spacial score (nSPS) is 14.0. The van der Waals surface area contributed by atoms with Crippen molar-refractivity contribution in [3.05, 3.63) is 240 Å². The summed E-state index contributed by atoms with van der Waals surface area (Å²) >= 11 is 0. The zero-order valence-electron chi connectivity index (χ0n) is 39.5. The predicted octanol–water partition coefficient (Wildman–Crippen LogP) is 18.5. The lowest BCUT2D eigenvalue weighted by molar-refractivity contribution is 0.601. The summed E-state index contributed by atoms with van der Waals surface area (Å²) in [6.45, 7) is 14.5. The van der Waals surface area contributed by atoms with Crippen molar-refractivity contribution < 1.29 is 0 Å². The molecule has 2 heteroatoms. The first-order valence-electron chi connectivity index (χ1n) is 24.1. The molecule has 0 fully saturated rings. The summed E-state index contributed by atoms with van der Waals surface area (Å²) in [5.74, 6) is 0. The van der Waals surface area contributed by atoms with Gasteiger partial charge >= 0.3 is 0 Å². The minimum atomic E-state index is -0.270. The molecule has 0 atom stereocenters. The fraction of sp³-hybridized carbons (Fsp3) is 0.121. The summed E-state index contributed by atoms with van der Waals surface area (Å²) in [5, 5.41) is 9.89. The summed E-state index contributed by atoms with van der Waals surface area (Å²) in [4.78, 5) is 4.94. The van der Waals surface area contributed by atoms with E-state index in [9.17, 15) is 0 Å². The van der Waals surface area contributed by atoms with Gasteiger partial charge in [-0.2, -0.15) is 0 Å². The van der Waals surface area contributed by atoms with E-state index in [0.29, 0.717) is 0 Å². The van der Waals surface area contributed by atoms with Gasteiger partial charge < -0.3 is 9.80 Å². The quantitative estimate of drug-likeness (QED) is 0.164. The molecular weight excluding hydrogens is 821 g/mol. The number of benzene rings is 11. The van der Waals surface area contributed by atoms with Gasteiger partial charge in [-0.05, 0) is 185 Å². The van der Waals surface area contributed by atoms with Crippen LogP contribution in [0.5, 0.6) is 0 Å². The Hall–Kier alpha value is -7.94. The fourth-order valence-corrected chi connectivity index (χ4v) is 12.2. The molecule has 2 aliphatic rings. The summed E-state index contributed by atoms with van der Waals surface area (Å²) < 4.78 is 0. The Kier molecular flexibility index (Phi) is 8.77. The zero-order chi connectivity index (χ0) is 46.1. The van der Waals surface area contributed by atoms with Crippen molar-refractivity contribution >= 4 is 77.2 Å². The van der Waals surface area contributed by atoms with Gasteiger partial charge in [0.25, 0.3) is 0 Å². The zero-order valence-corrected chi connectivity index (χ0v) is 39.5. The van der Waals surface area contributed by atoms with Crippen molar-refractivity contribution in [2.75, 3.05) is 9.80 Å². The van der Waals surface area contributed by atoms with E-state index < -0.39 is 0 Å². The van der Waals surface area contributed by atoms with Crippen molar-refractivity contribution in [1.82, 2.24) is 0 Å². The standard InChI is InChI=1S/C66H52N2/c1-41-33-55(67(51-27-23-43-15-7-11-19-47(43)35-51)52-28-24-44-16-8-12-20-48(44)36-52)39-59-61(41)57-31-32-58-62-42(2)34-56(40-60(62)66(5,6)64(58)63(57)65(59,3)4)68(53-29-25-45-17-9-13-21-49(45)37-53)54-30-26-46-18-10-14-22-50(46)38-54/h7-40H,1-6H3. The second kappa shape index (κ2) is 14.8. The molecule has 0 N–H and O–H groups in total. The van der Waals surface area contributed by atoms with Crippen molar-refractivity contribution in [2.24, 2.45) is 0 Å². The van der Waals surface area contributed by atoms with Crippen LogP contribution in [0.15, 0.2) is 206 Å². The number of hydrogen-bond acceptors (Lipinski definition) is 2. The topological polar surface area (TPSA) is 6.48 Å². The number of anilines is 6. The van der Waals surface area contributed by atoms with Gasteiger partial charge in [0.2, 0.25) is 0 Å². The minimum absolute atomic E-state index is 0.270. The van der Waals surface area contributed by atoms with E-state index in [1.807, 2.05) is 0 Å². The molecule has 326 valence electrons. The highest BCUT2D eigenvalue weighted by molar-refractivity contribution is 5.99. The Balaban J connectivity index is 0.960. The van der Waals surface area contributed by atoms with E-state index in [1.54, 1.807) is 0 Å². The molecule has 0 amide bonds. The molecule has 68 heavy (non-hydrogen) atoms. The molecule has 2 nitrogen and oxygen atoms in total. The van der Waals surface area contributed by atoms with Crippen molar-refractivity contribution in [1.29, 1.82) is 0 Å². The predicted molar refractivity (Wildman–Crippen MR) is 290 cm³/mol. The second-order valence-electron chi connectivity index (χ2n) is 20.3. The third kappa shape index (κ3) is 6.03. The minimum Gasteiger partial charge on any atom is -0.310 e. The van der Waals surface area contributed by atoms with Crippen LogP contribution in [0.3, 0.4) is 0 Å². The van der Waals surface area contributed by atoms with Crippen molar-refractivity contribution in [3.63, 3.8) is 0 Å². The number of fused-ring (bicyclic) bond motifs is 11. The molecular formula is C66H52N2. The second-order valence-corrected chi connectivity index (χ2v) is 20.3. The average Bonchev–Trinajstić information content (AvgIpc) is 3.73. The van der Waals surface area contributed by atoms with Crippen LogP contribution in [0, 0.1) is 13.8 Å². The van der Waals surface area contributed by atoms with Crippen LogP contribution in [0.4, 0.5) is 34.1 Å². The van der Waals surface area contributed by atoms with E-state index in [1.165, 1.54) is 110 Å². The molecule has 0 aromatic heterocycles. The van der Waals surface area contributed by atoms with E-state index in [0.717, 1.165) is 22.7 Å². The smallest absolute Gasteiger partial charge is 0.0468 e. The van der Waals surface area contributed by atoms with E-state index in [-0.39, 0.29) is 10.8 Å². The Labute approximate surface area is 399 Å². The maximum absolute atomic E-state index is 2.50. The van der Waals surface area contributed by atoms with Gasteiger partial charge in [-0.15, -0.1) is 0 Å². The molecule has 0 bridgehead atoms. The third-order valence-electron chi connectivity index (χ3n) is 15.5. The first-order valence-corrected chi connectivity index (χ1v) is 24.1. The molecule has 11 aromatic carbocycles. The van der Waals surface area contributed by atoms with Crippen LogP contribution in [0.1, 0.15) is 61.1 Å². The number of hydrogen-bond donors (Lipinski definition) is 0. The molecule has 0 saturated carbocycles. The van der Waals surface area contributed by atoms with Gasteiger partial charge in [0.15, 0.2) is 0 Å². The van der Waals surface area contributed by atoms with Crippen molar-refractivity contribution in [2.45, 2.75) is 52.4 Å². The monoisotopic (exact) mass is 872 g/mol. The Morgan fingerprint density at radius 2 is 0.559 bits per heavy atom. The SMILES string of the molecule is Cc1cc(N(c2ccc3ccccc3c2)c2ccc3ccccc3c2)cc2c1-c1ccc3c(c1C2(C)C)C(C)(C)c1cc(N(c2ccc4ccccc4c2)c2ccc4ccccc4c2)cc(C)c1-3. The lowest BCUT2D eigenvalue weighted by atomic mass is 9.72. The highest BCUT2D eigenvalue weighted by atomic mass is 15.1. The molecule has 0 aliphatic heterocycles. The van der Waals surface area contributed by atoms with E-state index >= 15 is 0 Å². The Bertz CT molecular complexity index is 3490. The molecule has 0 heterocycles. The molecule has 0 radical (unpaired) electrons. The molecule has 2 aliphatic carbocycles. The number of nitrogens with zero attached hydrogens (tertiary/aromatic N) is 2. The van der Waals surface area contributed by atoms with E-state index in [4.69, 9.17) is 0 Å². The van der Waals surface area contributed by atoms with Gasteiger partial charge in [-0.1, -0.05) is 161 Å². The Morgan fingerprint density at radius 3 is 0.853 bits per heavy atom. The molecule has 11 aromatic rings. The summed E-state index contributed by atoms with van der Waals surface area (Å²) in [6.07, 6.45) is 0. The Morgan fingerprint density at radius 1 is 0.279 bits per heavy atom. The van der Waals surface area contributed by atoms with Gasteiger partial charge in [0, 0.05) is 45.0 Å². The number of rotatable bonds is 6. The number of aryl methyl sites for hydroxylation is 2. The van der Waals surface area contributed by atoms with Crippen molar-refractivity contribution in [3.8, 4) is 22.3 Å². The third-order valence-corrected chi connectivity index (χ3v) is 15.5. The largest absolute Gasteiger partial charge is 0.310 e. The van der Waals surface area contributed by atoms with Crippen LogP contribution in [0.2, 0.25) is 0 Å². The molecule has 13 rings (SSSR count). The lowest BCUT2D eigenvalue weighted by Crippen LogP contribution is -2.24. The maximum atomic E-state index is 2.50. The van der Waals surface area contributed by atoms with Crippen LogP contribution < -0.4 is 9.80 Å². The summed E-state index contributed by atoms with van der Waals surface area (Å²) in [7, 11) is 0. The van der Waals surface area contributed by atoms with Gasteiger partial charge in [0.05, 0.1) is 0 Å². The first kappa shape index (κ1) is 40.3. The van der Waals surface area contributed by atoms with Gasteiger partial charge in [-0.3, -0.25) is 0 Å². The first-order chi connectivity index (χ1) is 33.0. The fourth-order valence-electron chi connectivity index (χ4n) is 12.2. The van der Waals surface area contributed by atoms with Crippen LogP contribution in [-0.4, -0.2) is 0 Å². The van der Waals surface area contributed by atoms with Gasteiger partial charge in [-0.25, -0.2) is 0 Å². The van der Waals surface area contributed by atoms with Gasteiger partial charge in [0.1, 0.15) is 0 Å². The van der Waals surface area contributed by atoms with E-state index in [2.05, 4.69) is 258 Å². The van der Waals surface area contributed by atoms with Crippen LogP contribution in [-0.2, 0) is 10.8 Å². The van der Waals surface area contributed by atoms with Crippen LogP contribution >= 0.6 is 0 Å². The molecule has 0 spiro atoms. The molecule has 0 unspecified atom stereocenters. The van der Waals surface area contributed by atoms with Crippen LogP contribution in [0.25, 0.3) is 65.3 Å². The summed E-state index contributed by atoms with van der Waals surface area (Å²) in [6, 6.07) is 77.0. The average molecular weight is 873 g/mol. The summed E-state index contributed by atoms with van der Waals surface area (Å²) in [5.41, 5.74) is 20.1. The highest BCUT2D eigenvalue weighted by Crippen LogP contribution is 2.61. The molecule has 0 saturated heterocycles.